The van der Waals surface area contributed by atoms with Gasteiger partial charge in [0.15, 0.2) is 0 Å². The summed E-state index contributed by atoms with van der Waals surface area (Å²) in [6.07, 6.45) is 2.38. The fourth-order valence-electron chi connectivity index (χ4n) is 1.92. The molecule has 0 aromatic carbocycles. The summed E-state index contributed by atoms with van der Waals surface area (Å²) in [5.41, 5.74) is 7.54. The average molecular weight is 221 g/mol. The van der Waals surface area contributed by atoms with Crippen LogP contribution in [0.15, 0.2) is 12.1 Å². The number of pyridine rings is 1. The van der Waals surface area contributed by atoms with E-state index in [0.29, 0.717) is 11.6 Å². The minimum Gasteiger partial charge on any atom is -0.396 e. The van der Waals surface area contributed by atoms with Gasteiger partial charge in [0.05, 0.1) is 12.3 Å². The predicted octanol–water partition coefficient (Wildman–Crippen LogP) is 1.81. The van der Waals surface area contributed by atoms with Gasteiger partial charge in [-0.05, 0) is 37.8 Å². The van der Waals surface area contributed by atoms with Crippen molar-refractivity contribution in [3.63, 3.8) is 0 Å². The Morgan fingerprint density at radius 2 is 2.44 bits per heavy atom. The summed E-state index contributed by atoms with van der Waals surface area (Å²) < 4.78 is 5.43. The van der Waals surface area contributed by atoms with Gasteiger partial charge in [-0.15, -0.1) is 0 Å². The zero-order chi connectivity index (χ0) is 11.4. The van der Waals surface area contributed by atoms with Gasteiger partial charge in [-0.2, -0.15) is 0 Å². The summed E-state index contributed by atoms with van der Waals surface area (Å²) in [5.74, 6) is 1.38. The van der Waals surface area contributed by atoms with Crippen molar-refractivity contribution in [3.8, 4) is 0 Å². The van der Waals surface area contributed by atoms with Gasteiger partial charge in [-0.25, -0.2) is 4.98 Å². The third-order valence-corrected chi connectivity index (χ3v) is 2.88. The van der Waals surface area contributed by atoms with Crippen LogP contribution in [0.2, 0.25) is 0 Å². The predicted molar refractivity (Wildman–Crippen MR) is 65.4 cm³/mol. The van der Waals surface area contributed by atoms with Crippen LogP contribution in [0, 0.1) is 12.8 Å². The summed E-state index contributed by atoms with van der Waals surface area (Å²) in [4.78, 5) is 4.38. The Morgan fingerprint density at radius 3 is 3.19 bits per heavy atom. The first-order valence-electron chi connectivity index (χ1n) is 5.80. The number of aromatic nitrogens is 1. The van der Waals surface area contributed by atoms with Crippen molar-refractivity contribution in [3.05, 3.63) is 17.8 Å². The van der Waals surface area contributed by atoms with Gasteiger partial charge in [-0.1, -0.05) is 0 Å². The van der Waals surface area contributed by atoms with Crippen LogP contribution in [0.5, 0.6) is 0 Å². The molecule has 1 aromatic heterocycles. The number of ether oxygens (including phenoxy) is 1. The molecule has 88 valence electrons. The lowest BCUT2D eigenvalue weighted by Crippen LogP contribution is -2.24. The van der Waals surface area contributed by atoms with E-state index >= 15 is 0 Å². The minimum atomic E-state index is 0.579. The van der Waals surface area contributed by atoms with Crippen LogP contribution in [0.3, 0.4) is 0 Å². The van der Waals surface area contributed by atoms with Crippen LogP contribution in [-0.2, 0) is 4.74 Å². The lowest BCUT2D eigenvalue weighted by molar-refractivity contribution is 0.0595. The Morgan fingerprint density at radius 1 is 1.56 bits per heavy atom. The van der Waals surface area contributed by atoms with Crippen LogP contribution >= 0.6 is 0 Å². The molecular formula is C12H19N3O. The van der Waals surface area contributed by atoms with Crippen molar-refractivity contribution in [1.82, 2.24) is 4.98 Å². The second kappa shape index (κ2) is 5.16. The molecule has 3 N–H and O–H groups in total. The monoisotopic (exact) mass is 221 g/mol. The molecule has 4 nitrogen and oxygen atoms in total. The standard InChI is InChI=1S/C12H19N3O/c1-9-4-5-11(13)12(15-9)14-7-10-3-2-6-16-8-10/h4-5,10H,2-3,6-8,13H2,1H3,(H,14,15). The zero-order valence-electron chi connectivity index (χ0n) is 9.70. The zero-order valence-corrected chi connectivity index (χ0v) is 9.70. The lowest BCUT2D eigenvalue weighted by atomic mass is 10.0. The number of nitrogens with zero attached hydrogens (tertiary/aromatic N) is 1. The Hall–Kier alpha value is -1.29. The van der Waals surface area contributed by atoms with Crippen molar-refractivity contribution >= 4 is 11.5 Å². The molecule has 0 aliphatic carbocycles. The first-order valence-corrected chi connectivity index (χ1v) is 5.80. The smallest absolute Gasteiger partial charge is 0.149 e. The molecule has 1 atom stereocenters. The second-order valence-corrected chi connectivity index (χ2v) is 4.35. The van der Waals surface area contributed by atoms with E-state index in [4.69, 9.17) is 10.5 Å². The summed E-state index contributed by atoms with van der Waals surface area (Å²) in [7, 11) is 0. The average Bonchev–Trinajstić information content (AvgIpc) is 2.32. The molecule has 2 heterocycles. The fourth-order valence-corrected chi connectivity index (χ4v) is 1.92. The van der Waals surface area contributed by atoms with Gasteiger partial charge >= 0.3 is 0 Å². The Balaban J connectivity index is 1.90. The third-order valence-electron chi connectivity index (χ3n) is 2.88. The quantitative estimate of drug-likeness (QED) is 0.817. The largest absolute Gasteiger partial charge is 0.396 e. The summed E-state index contributed by atoms with van der Waals surface area (Å²) in [6.45, 7) is 4.61. The van der Waals surface area contributed by atoms with Crippen LogP contribution in [0.1, 0.15) is 18.5 Å². The highest BCUT2D eigenvalue weighted by Gasteiger charge is 2.14. The number of nitrogens with one attached hydrogen (secondary N) is 1. The summed E-state index contributed by atoms with van der Waals surface area (Å²) in [6, 6.07) is 3.81. The summed E-state index contributed by atoms with van der Waals surface area (Å²) >= 11 is 0. The van der Waals surface area contributed by atoms with Crippen molar-refractivity contribution in [2.75, 3.05) is 30.8 Å². The molecule has 0 amide bonds. The molecule has 1 aromatic rings. The Labute approximate surface area is 96.2 Å². The van der Waals surface area contributed by atoms with E-state index in [0.717, 1.165) is 37.7 Å². The van der Waals surface area contributed by atoms with E-state index in [9.17, 15) is 0 Å². The molecule has 2 rings (SSSR count). The van der Waals surface area contributed by atoms with Crippen molar-refractivity contribution in [2.45, 2.75) is 19.8 Å². The van der Waals surface area contributed by atoms with Crippen LogP contribution < -0.4 is 11.1 Å². The molecule has 1 fully saturated rings. The number of hydrogen-bond donors (Lipinski definition) is 2. The van der Waals surface area contributed by atoms with Gasteiger partial charge < -0.3 is 15.8 Å². The van der Waals surface area contributed by atoms with Gasteiger partial charge in [0.25, 0.3) is 0 Å². The van der Waals surface area contributed by atoms with E-state index in [2.05, 4.69) is 10.3 Å². The van der Waals surface area contributed by atoms with Crippen molar-refractivity contribution in [1.29, 1.82) is 0 Å². The lowest BCUT2D eigenvalue weighted by Gasteiger charge is -2.22. The SMILES string of the molecule is Cc1ccc(N)c(NCC2CCCOC2)n1. The van der Waals surface area contributed by atoms with Crippen LogP contribution in [0.25, 0.3) is 0 Å². The van der Waals surface area contributed by atoms with E-state index in [1.54, 1.807) is 0 Å². The number of anilines is 2. The van der Waals surface area contributed by atoms with E-state index in [1.165, 1.54) is 6.42 Å². The number of nitrogens with two attached hydrogens (primary N) is 1. The molecule has 1 saturated heterocycles. The van der Waals surface area contributed by atoms with Gasteiger partial charge in [-0.3, -0.25) is 0 Å². The molecular weight excluding hydrogens is 202 g/mol. The Bertz CT molecular complexity index is 348. The molecule has 1 aliphatic heterocycles. The van der Waals surface area contributed by atoms with Gasteiger partial charge in [0.2, 0.25) is 0 Å². The number of hydrogen-bond acceptors (Lipinski definition) is 4. The summed E-state index contributed by atoms with van der Waals surface area (Å²) in [5, 5.41) is 3.31. The second-order valence-electron chi connectivity index (χ2n) is 4.35. The molecule has 4 heteroatoms. The van der Waals surface area contributed by atoms with E-state index in [1.807, 2.05) is 19.1 Å². The molecule has 0 saturated carbocycles. The third kappa shape index (κ3) is 2.85. The van der Waals surface area contributed by atoms with Gasteiger partial charge in [0.1, 0.15) is 5.82 Å². The normalized spacial score (nSPS) is 20.7. The van der Waals surface area contributed by atoms with Crippen molar-refractivity contribution < 1.29 is 4.74 Å². The maximum Gasteiger partial charge on any atom is 0.149 e. The van der Waals surface area contributed by atoms with E-state index in [-0.39, 0.29) is 0 Å². The van der Waals surface area contributed by atoms with Crippen LogP contribution in [0.4, 0.5) is 11.5 Å². The first kappa shape index (κ1) is 11.2. The Kier molecular flexibility index (Phi) is 3.62. The first-order chi connectivity index (χ1) is 7.75. The highest BCUT2D eigenvalue weighted by molar-refractivity contribution is 5.61. The molecule has 16 heavy (non-hydrogen) atoms. The fraction of sp³-hybridized carbons (Fsp3) is 0.583. The molecule has 1 unspecified atom stereocenters. The van der Waals surface area contributed by atoms with E-state index < -0.39 is 0 Å². The molecule has 1 aliphatic rings. The van der Waals surface area contributed by atoms with Crippen LogP contribution in [-0.4, -0.2) is 24.7 Å². The van der Waals surface area contributed by atoms with Crippen molar-refractivity contribution in [2.24, 2.45) is 5.92 Å². The maximum atomic E-state index is 5.85. The topological polar surface area (TPSA) is 60.2 Å². The molecule has 0 radical (unpaired) electrons. The molecule has 0 spiro atoms. The minimum absolute atomic E-state index is 0.579. The highest BCUT2D eigenvalue weighted by Crippen LogP contribution is 2.18. The highest BCUT2D eigenvalue weighted by atomic mass is 16.5. The molecule has 0 bridgehead atoms. The number of aryl methyl sites for hydroxylation is 1. The van der Waals surface area contributed by atoms with Gasteiger partial charge in [0, 0.05) is 18.8 Å². The number of nitrogen functional groups attached to an aromatic ring is 1. The maximum absolute atomic E-state index is 5.85. The number of rotatable bonds is 3.